The molecule has 1 aliphatic heterocycles. The normalized spacial score (nSPS) is 19.6. The van der Waals surface area contributed by atoms with Gasteiger partial charge >= 0.3 is 0 Å². The predicted octanol–water partition coefficient (Wildman–Crippen LogP) is 3.41. The molecule has 188 valence electrons. The molecule has 0 unspecified atom stereocenters. The van der Waals surface area contributed by atoms with Gasteiger partial charge in [0.15, 0.2) is 17.3 Å². The summed E-state index contributed by atoms with van der Waals surface area (Å²) in [5, 5.41) is 28.3. The molecular formula is C27H23N3O7. The highest BCUT2D eigenvalue weighted by Crippen LogP contribution is 2.57. The molecule has 5 rings (SSSR count). The summed E-state index contributed by atoms with van der Waals surface area (Å²) in [6.45, 7) is 5.81. The van der Waals surface area contributed by atoms with Crippen LogP contribution in [0.4, 0.5) is 0 Å². The van der Waals surface area contributed by atoms with Gasteiger partial charge in [-0.2, -0.15) is 4.98 Å². The number of fused-ring (bicyclic) bond motifs is 3. The Hall–Kier alpha value is -4.73. The van der Waals surface area contributed by atoms with E-state index in [0.717, 1.165) is 11.6 Å². The SMILES string of the molecule is CC(=O)c1c(O)c(C)c(O)c2c1OC1=CC(=O)C(=C(C)NCc3nc(-c4ccccc4)no3)C(=O)[C@@]12C. The van der Waals surface area contributed by atoms with Crippen LogP contribution in [-0.4, -0.2) is 37.7 Å². The number of phenols is 2. The maximum atomic E-state index is 13.8. The van der Waals surface area contributed by atoms with Crippen LogP contribution in [0.5, 0.6) is 17.2 Å². The number of carbonyl (C=O) groups excluding carboxylic acids is 3. The highest BCUT2D eigenvalue weighted by atomic mass is 16.5. The van der Waals surface area contributed by atoms with Crippen LogP contribution in [-0.2, 0) is 21.5 Å². The summed E-state index contributed by atoms with van der Waals surface area (Å²) in [6.07, 6.45) is 1.16. The average Bonchev–Trinajstić information content (AvgIpc) is 3.45. The molecule has 0 fully saturated rings. The molecule has 0 saturated carbocycles. The van der Waals surface area contributed by atoms with Crippen molar-refractivity contribution in [2.24, 2.45) is 0 Å². The van der Waals surface area contributed by atoms with Crippen molar-refractivity contribution in [2.45, 2.75) is 39.7 Å². The Morgan fingerprint density at radius 3 is 2.49 bits per heavy atom. The molecule has 2 aliphatic rings. The molecule has 37 heavy (non-hydrogen) atoms. The van der Waals surface area contributed by atoms with Crippen LogP contribution in [0.15, 0.2) is 58.0 Å². The number of nitrogens with zero attached hydrogens (tertiary/aromatic N) is 2. The number of phenolic OH excluding ortho intramolecular Hbond substituents is 2. The molecule has 1 atom stereocenters. The first-order valence-electron chi connectivity index (χ1n) is 11.5. The Bertz CT molecular complexity index is 1570. The molecule has 3 N–H and O–H groups in total. The molecule has 10 nitrogen and oxygen atoms in total. The van der Waals surface area contributed by atoms with Gasteiger partial charge in [-0.3, -0.25) is 14.4 Å². The number of nitrogens with one attached hydrogen (secondary N) is 1. The number of ether oxygens (including phenoxy) is 1. The zero-order valence-electron chi connectivity index (χ0n) is 20.5. The van der Waals surface area contributed by atoms with Crippen LogP contribution >= 0.6 is 0 Å². The number of benzene rings is 2. The van der Waals surface area contributed by atoms with E-state index in [1.54, 1.807) is 6.92 Å². The number of hydrogen-bond acceptors (Lipinski definition) is 10. The largest absolute Gasteiger partial charge is 0.507 e. The number of Topliss-reactive ketones (excluding diaryl/α,β-unsaturated/α-hetero) is 2. The fourth-order valence-corrected chi connectivity index (χ4v) is 4.69. The summed E-state index contributed by atoms with van der Waals surface area (Å²) in [7, 11) is 0. The molecule has 0 bridgehead atoms. The van der Waals surface area contributed by atoms with Crippen molar-refractivity contribution in [3.63, 3.8) is 0 Å². The van der Waals surface area contributed by atoms with Crippen molar-refractivity contribution < 1.29 is 33.9 Å². The van der Waals surface area contributed by atoms with Crippen molar-refractivity contribution >= 4 is 17.3 Å². The summed E-state index contributed by atoms with van der Waals surface area (Å²) in [5.74, 6) is -2.05. The first kappa shape index (κ1) is 24.0. The number of hydrogen-bond donors (Lipinski definition) is 3. The van der Waals surface area contributed by atoms with Crippen molar-refractivity contribution in [3.8, 4) is 28.6 Å². The predicted molar refractivity (Wildman–Crippen MR) is 130 cm³/mol. The summed E-state index contributed by atoms with van der Waals surface area (Å²) in [4.78, 5) is 43.5. The fraction of sp³-hybridized carbons (Fsp3) is 0.222. The standard InChI is InChI=1S/C27H23N3O7/c1-12-22(33)20(14(3)31)24-21(23(12)34)27(4)17(36-24)10-16(32)19(25(27)35)13(2)28-11-18-29-26(30-37-18)15-8-6-5-7-9-15/h5-10,28,33-34H,11H2,1-4H3/t27-/m0/s1. The highest BCUT2D eigenvalue weighted by molar-refractivity contribution is 6.31. The smallest absolute Gasteiger partial charge is 0.246 e. The summed E-state index contributed by atoms with van der Waals surface area (Å²) >= 11 is 0. The first-order valence-corrected chi connectivity index (χ1v) is 11.5. The third-order valence-corrected chi connectivity index (χ3v) is 6.76. The third kappa shape index (κ3) is 3.52. The number of aromatic hydroxyl groups is 2. The lowest BCUT2D eigenvalue weighted by Crippen LogP contribution is -2.41. The zero-order valence-corrected chi connectivity index (χ0v) is 20.5. The van der Waals surface area contributed by atoms with Gasteiger partial charge in [0, 0.05) is 22.9 Å². The van der Waals surface area contributed by atoms with Gasteiger partial charge in [0.2, 0.25) is 11.7 Å². The van der Waals surface area contributed by atoms with Crippen molar-refractivity contribution in [2.75, 3.05) is 0 Å². The first-order chi connectivity index (χ1) is 17.6. The lowest BCUT2D eigenvalue weighted by Gasteiger charge is -2.29. The Kier molecular flexibility index (Phi) is 5.47. The lowest BCUT2D eigenvalue weighted by atomic mass is 9.70. The lowest BCUT2D eigenvalue weighted by molar-refractivity contribution is -0.123. The van der Waals surface area contributed by atoms with E-state index >= 15 is 0 Å². The van der Waals surface area contributed by atoms with Crippen LogP contribution in [0.1, 0.15) is 48.1 Å². The van der Waals surface area contributed by atoms with E-state index < -0.39 is 28.5 Å². The van der Waals surface area contributed by atoms with Crippen LogP contribution in [0.2, 0.25) is 0 Å². The molecule has 1 aromatic heterocycles. The monoisotopic (exact) mass is 501 g/mol. The maximum Gasteiger partial charge on any atom is 0.246 e. The van der Waals surface area contributed by atoms with Gasteiger partial charge < -0.3 is 24.8 Å². The van der Waals surface area contributed by atoms with Crippen molar-refractivity contribution in [3.05, 3.63) is 76.0 Å². The van der Waals surface area contributed by atoms with Crippen LogP contribution < -0.4 is 10.1 Å². The minimum absolute atomic E-state index is 0.0266. The van der Waals surface area contributed by atoms with Crippen LogP contribution in [0.25, 0.3) is 11.4 Å². The van der Waals surface area contributed by atoms with Crippen LogP contribution in [0.3, 0.4) is 0 Å². The second-order valence-corrected chi connectivity index (χ2v) is 9.12. The Labute approximate surface area is 211 Å². The van der Waals surface area contributed by atoms with Crippen LogP contribution in [0, 0.1) is 6.92 Å². The van der Waals surface area contributed by atoms with E-state index in [9.17, 15) is 24.6 Å². The number of aromatic nitrogens is 2. The van der Waals surface area contributed by atoms with Gasteiger partial charge in [-0.25, -0.2) is 0 Å². The molecule has 10 heteroatoms. The van der Waals surface area contributed by atoms with E-state index in [1.165, 1.54) is 20.8 Å². The maximum absolute atomic E-state index is 13.8. The molecule has 0 saturated heterocycles. The average molecular weight is 501 g/mol. The van der Waals surface area contributed by atoms with Gasteiger partial charge in [-0.1, -0.05) is 35.5 Å². The van der Waals surface area contributed by atoms with E-state index in [2.05, 4.69) is 15.5 Å². The number of allylic oxidation sites excluding steroid dienone is 4. The van der Waals surface area contributed by atoms with Gasteiger partial charge in [0.25, 0.3) is 0 Å². The second kappa shape index (κ2) is 8.44. The molecular weight excluding hydrogens is 478 g/mol. The molecule has 3 aromatic rings. The third-order valence-electron chi connectivity index (χ3n) is 6.76. The zero-order chi connectivity index (χ0) is 26.6. The van der Waals surface area contributed by atoms with Gasteiger partial charge in [0.1, 0.15) is 34.0 Å². The van der Waals surface area contributed by atoms with E-state index in [-0.39, 0.29) is 57.7 Å². The summed E-state index contributed by atoms with van der Waals surface area (Å²) < 4.78 is 11.1. The van der Waals surface area contributed by atoms with Gasteiger partial charge in [-0.15, -0.1) is 0 Å². The van der Waals surface area contributed by atoms with E-state index in [1.807, 2.05) is 30.3 Å². The van der Waals surface area contributed by atoms with Gasteiger partial charge in [-0.05, 0) is 27.7 Å². The van der Waals surface area contributed by atoms with E-state index in [0.29, 0.717) is 5.82 Å². The molecule has 0 amide bonds. The topological polar surface area (TPSA) is 152 Å². The minimum Gasteiger partial charge on any atom is -0.507 e. The Morgan fingerprint density at radius 2 is 1.81 bits per heavy atom. The minimum atomic E-state index is -1.58. The number of carbonyl (C=O) groups is 3. The number of rotatable bonds is 5. The number of ketones is 3. The quantitative estimate of drug-likeness (QED) is 0.269. The molecule has 2 aromatic carbocycles. The van der Waals surface area contributed by atoms with Crippen molar-refractivity contribution in [1.29, 1.82) is 0 Å². The second-order valence-electron chi connectivity index (χ2n) is 9.12. The molecule has 0 radical (unpaired) electrons. The molecule has 0 spiro atoms. The highest BCUT2D eigenvalue weighted by Gasteiger charge is 2.56. The molecule has 2 heterocycles. The molecule has 1 aliphatic carbocycles. The fourth-order valence-electron chi connectivity index (χ4n) is 4.69. The Morgan fingerprint density at radius 1 is 1.11 bits per heavy atom. The van der Waals surface area contributed by atoms with Crippen molar-refractivity contribution in [1.82, 2.24) is 15.5 Å². The summed E-state index contributed by atoms with van der Waals surface area (Å²) in [5.41, 5.74) is -0.771. The van der Waals surface area contributed by atoms with E-state index in [4.69, 9.17) is 9.26 Å². The van der Waals surface area contributed by atoms with Gasteiger partial charge in [0.05, 0.1) is 17.7 Å². The Balaban J connectivity index is 1.51. The summed E-state index contributed by atoms with van der Waals surface area (Å²) in [6, 6.07) is 9.26.